The van der Waals surface area contributed by atoms with Crippen molar-refractivity contribution in [2.75, 3.05) is 20.3 Å². The third-order valence-corrected chi connectivity index (χ3v) is 7.56. The molecule has 0 saturated carbocycles. The van der Waals surface area contributed by atoms with E-state index in [1.165, 1.54) is 25.3 Å². The van der Waals surface area contributed by atoms with Gasteiger partial charge in [0.1, 0.15) is 65.2 Å². The Bertz CT molecular complexity index is 1570. The molecular formula is C28H32O17. The lowest BCUT2D eigenvalue weighted by atomic mass is 9.97. The summed E-state index contributed by atoms with van der Waals surface area (Å²) in [6.45, 7) is -1.65. The number of methoxy groups -OCH3 is 1. The molecule has 45 heavy (non-hydrogen) atoms. The molecule has 2 fully saturated rings. The summed E-state index contributed by atoms with van der Waals surface area (Å²) >= 11 is 0. The number of benzene rings is 2. The first-order chi connectivity index (χ1) is 21.4. The molecule has 0 amide bonds. The largest absolute Gasteiger partial charge is 0.508 e. The fourth-order valence-electron chi connectivity index (χ4n) is 5.13. The Labute approximate surface area is 252 Å². The first kappa shape index (κ1) is 32.6. The molecule has 0 aliphatic carbocycles. The molecule has 3 heterocycles. The van der Waals surface area contributed by atoms with Crippen molar-refractivity contribution >= 4 is 11.0 Å². The van der Waals surface area contributed by atoms with E-state index >= 15 is 0 Å². The van der Waals surface area contributed by atoms with Crippen molar-refractivity contribution in [1.82, 2.24) is 0 Å². The van der Waals surface area contributed by atoms with Crippen molar-refractivity contribution in [2.45, 2.75) is 61.4 Å². The number of aliphatic hydroxyl groups is 7. The van der Waals surface area contributed by atoms with Gasteiger partial charge in [0, 0.05) is 17.7 Å². The summed E-state index contributed by atoms with van der Waals surface area (Å²) in [6.07, 6.45) is -17.9. The molecule has 0 spiro atoms. The zero-order chi connectivity index (χ0) is 32.7. The summed E-state index contributed by atoms with van der Waals surface area (Å²) in [4.78, 5) is 13.8. The normalized spacial score (nSPS) is 32.0. The quantitative estimate of drug-likeness (QED) is 0.123. The molecule has 2 aliphatic heterocycles. The molecule has 3 aromatic rings. The summed E-state index contributed by atoms with van der Waals surface area (Å²) in [5.41, 5.74) is -1.23. The topological polar surface area (TPSA) is 279 Å². The minimum atomic E-state index is -1.96. The highest BCUT2D eigenvalue weighted by Crippen LogP contribution is 2.40. The van der Waals surface area contributed by atoms with Crippen LogP contribution in [0.5, 0.6) is 28.7 Å². The standard InChI is InChI=1S/C28H32O17/c1-40-13-4-9(2-3-11(13)32)24-25(20(36)17-12(33)5-10(31)6-14(17)41-24)44-28-26(22(38)19(35)16(8-30)43-28)45-27-23(39)21(37)18(34)15(7-29)42-27/h2-6,15-16,18-19,21-23,26-35,37-39H,7-8H2,1H3/t15-,16-,18-,19+,21+,22+,23-,26-,27+,28+/m1/s1. The monoisotopic (exact) mass is 640 g/mol. The molecule has 10 N–H and O–H groups in total. The number of aliphatic hydroxyl groups excluding tert-OH is 7. The number of hydrogen-bond donors (Lipinski definition) is 10. The number of phenolic OH excluding ortho intramolecular Hbond substituents is 3. The Morgan fingerprint density at radius 3 is 2.07 bits per heavy atom. The van der Waals surface area contributed by atoms with E-state index in [1.807, 2.05) is 0 Å². The molecule has 0 radical (unpaired) electrons. The Morgan fingerprint density at radius 2 is 1.42 bits per heavy atom. The third-order valence-electron chi connectivity index (χ3n) is 7.56. The van der Waals surface area contributed by atoms with Crippen molar-refractivity contribution in [3.63, 3.8) is 0 Å². The third kappa shape index (κ3) is 5.98. The number of phenols is 3. The lowest BCUT2D eigenvalue weighted by molar-refractivity contribution is -0.358. The second kappa shape index (κ2) is 12.9. The Balaban J connectivity index is 1.62. The fraction of sp³-hybridized carbons (Fsp3) is 0.464. The summed E-state index contributed by atoms with van der Waals surface area (Å²) in [5, 5.41) is 102. The van der Waals surface area contributed by atoms with E-state index in [9.17, 15) is 55.9 Å². The van der Waals surface area contributed by atoms with Gasteiger partial charge >= 0.3 is 0 Å². The van der Waals surface area contributed by atoms with Crippen molar-refractivity contribution in [1.29, 1.82) is 0 Å². The molecule has 17 nitrogen and oxygen atoms in total. The van der Waals surface area contributed by atoms with Crippen LogP contribution in [0.4, 0.5) is 0 Å². The van der Waals surface area contributed by atoms with Crippen LogP contribution in [-0.4, -0.2) is 133 Å². The summed E-state index contributed by atoms with van der Waals surface area (Å²) in [7, 11) is 1.27. The van der Waals surface area contributed by atoms with Gasteiger partial charge in [-0.15, -0.1) is 0 Å². The van der Waals surface area contributed by atoms with Gasteiger partial charge in [-0.25, -0.2) is 0 Å². The smallest absolute Gasteiger partial charge is 0.239 e. The zero-order valence-corrected chi connectivity index (χ0v) is 23.4. The summed E-state index contributed by atoms with van der Waals surface area (Å²) < 4.78 is 33.5. The van der Waals surface area contributed by atoms with Crippen molar-refractivity contribution in [3.05, 3.63) is 40.6 Å². The van der Waals surface area contributed by atoms with Gasteiger partial charge < -0.3 is 79.2 Å². The molecular weight excluding hydrogens is 608 g/mol. The zero-order valence-electron chi connectivity index (χ0n) is 23.4. The maximum atomic E-state index is 13.8. The number of ether oxygens (including phenoxy) is 5. The van der Waals surface area contributed by atoms with Crippen LogP contribution in [0, 0.1) is 0 Å². The number of aromatic hydroxyl groups is 3. The predicted octanol–water partition coefficient (Wildman–Crippen LogP) is -2.41. The second-order valence-electron chi connectivity index (χ2n) is 10.4. The van der Waals surface area contributed by atoms with E-state index in [0.717, 1.165) is 12.1 Å². The molecule has 0 bridgehead atoms. The highest BCUT2D eigenvalue weighted by molar-refractivity contribution is 5.88. The maximum Gasteiger partial charge on any atom is 0.239 e. The lowest BCUT2D eigenvalue weighted by Gasteiger charge is -2.45. The van der Waals surface area contributed by atoms with Crippen LogP contribution in [0.25, 0.3) is 22.3 Å². The van der Waals surface area contributed by atoms with Gasteiger partial charge in [0.05, 0.1) is 20.3 Å². The average molecular weight is 641 g/mol. The molecule has 2 aliphatic rings. The van der Waals surface area contributed by atoms with E-state index in [2.05, 4.69) is 0 Å². The summed E-state index contributed by atoms with van der Waals surface area (Å²) in [6, 6.07) is 5.72. The first-order valence-electron chi connectivity index (χ1n) is 13.5. The predicted molar refractivity (Wildman–Crippen MR) is 146 cm³/mol. The van der Waals surface area contributed by atoms with E-state index < -0.39 is 103 Å². The van der Waals surface area contributed by atoms with Crippen LogP contribution in [0.2, 0.25) is 0 Å². The average Bonchev–Trinajstić information content (AvgIpc) is 3.01. The number of fused-ring (bicyclic) bond motifs is 1. The van der Waals surface area contributed by atoms with Crippen LogP contribution in [0.3, 0.4) is 0 Å². The van der Waals surface area contributed by atoms with Crippen LogP contribution in [0.15, 0.2) is 39.5 Å². The van der Waals surface area contributed by atoms with E-state index in [1.54, 1.807) is 0 Å². The molecule has 5 rings (SSSR count). The SMILES string of the molecule is COc1cc(-c2oc3cc(O)cc(O)c3c(=O)c2O[C@@H]2O[C@H](CO)[C@H](O)[C@H](O)[C@H]2O[C@@H]2O[C@H](CO)[C@@H](O)[C@H](O)[C@H]2O)ccc1O. The summed E-state index contributed by atoms with van der Waals surface area (Å²) in [5.74, 6) is -2.49. The van der Waals surface area contributed by atoms with Gasteiger partial charge in [0.15, 0.2) is 29.7 Å². The van der Waals surface area contributed by atoms with Crippen LogP contribution < -0.4 is 14.9 Å². The van der Waals surface area contributed by atoms with E-state index in [-0.39, 0.29) is 28.4 Å². The molecule has 10 atom stereocenters. The maximum absolute atomic E-state index is 13.8. The molecule has 0 unspecified atom stereocenters. The van der Waals surface area contributed by atoms with Crippen molar-refractivity contribution in [2.24, 2.45) is 0 Å². The molecule has 246 valence electrons. The van der Waals surface area contributed by atoms with Crippen LogP contribution >= 0.6 is 0 Å². The minimum Gasteiger partial charge on any atom is -0.508 e. The van der Waals surface area contributed by atoms with E-state index in [4.69, 9.17) is 28.1 Å². The van der Waals surface area contributed by atoms with Crippen LogP contribution in [0.1, 0.15) is 0 Å². The van der Waals surface area contributed by atoms with Crippen molar-refractivity contribution < 1.29 is 79.2 Å². The van der Waals surface area contributed by atoms with E-state index in [0.29, 0.717) is 0 Å². The van der Waals surface area contributed by atoms with Gasteiger partial charge in [-0.05, 0) is 18.2 Å². The lowest BCUT2D eigenvalue weighted by Crippen LogP contribution is -2.65. The highest BCUT2D eigenvalue weighted by atomic mass is 16.8. The van der Waals surface area contributed by atoms with Gasteiger partial charge in [0.2, 0.25) is 17.5 Å². The molecule has 1 aromatic heterocycles. The highest BCUT2D eigenvalue weighted by Gasteiger charge is 2.51. The first-order valence-corrected chi connectivity index (χ1v) is 13.5. The van der Waals surface area contributed by atoms with Gasteiger partial charge in [0.25, 0.3) is 0 Å². The molecule has 2 saturated heterocycles. The second-order valence-corrected chi connectivity index (χ2v) is 10.4. The van der Waals surface area contributed by atoms with Gasteiger partial charge in [-0.2, -0.15) is 0 Å². The number of rotatable bonds is 8. The Kier molecular flexibility index (Phi) is 9.38. The Hall–Kier alpha value is -3.75. The molecule has 17 heteroatoms. The van der Waals surface area contributed by atoms with Crippen molar-refractivity contribution in [3.8, 4) is 40.1 Å². The van der Waals surface area contributed by atoms with Gasteiger partial charge in [-0.3, -0.25) is 4.79 Å². The fourth-order valence-corrected chi connectivity index (χ4v) is 5.13. The van der Waals surface area contributed by atoms with Crippen LogP contribution in [-0.2, 0) is 14.2 Å². The molecule has 2 aromatic carbocycles. The Morgan fingerprint density at radius 1 is 0.778 bits per heavy atom. The number of hydrogen-bond acceptors (Lipinski definition) is 17. The van der Waals surface area contributed by atoms with Gasteiger partial charge in [-0.1, -0.05) is 0 Å². The minimum absolute atomic E-state index is 0.0448.